The number of imidazole rings is 1. The molecule has 1 heterocycles. The average molecular weight is 395 g/mol. The zero-order chi connectivity index (χ0) is 18.8. The van der Waals surface area contributed by atoms with Crippen molar-refractivity contribution in [1.29, 1.82) is 0 Å². The number of aromatic amines is 1. The second kappa shape index (κ2) is 7.35. The summed E-state index contributed by atoms with van der Waals surface area (Å²) < 4.78 is 17.4. The molecule has 0 saturated carbocycles. The monoisotopic (exact) mass is 394 g/mol. The third-order valence-corrected chi connectivity index (χ3v) is 4.62. The van der Waals surface area contributed by atoms with Crippen LogP contribution in [0, 0.1) is 0 Å². The van der Waals surface area contributed by atoms with E-state index in [0.717, 1.165) is 5.56 Å². The summed E-state index contributed by atoms with van der Waals surface area (Å²) in [5, 5.41) is 0.854. The lowest BCUT2D eigenvalue weighted by Crippen LogP contribution is -2.14. The van der Waals surface area contributed by atoms with Crippen molar-refractivity contribution in [3.63, 3.8) is 0 Å². The molecular formula is C18H16Cl2N2O4. The molecule has 0 amide bonds. The van der Waals surface area contributed by atoms with Gasteiger partial charge in [0.1, 0.15) is 0 Å². The van der Waals surface area contributed by atoms with Crippen molar-refractivity contribution in [2.75, 3.05) is 21.3 Å². The molecule has 136 valence electrons. The van der Waals surface area contributed by atoms with Crippen LogP contribution in [0.25, 0.3) is 16.9 Å². The molecule has 1 N–H and O–H groups in total. The number of aromatic nitrogens is 2. The number of hydrogen-bond acceptors (Lipinski definition) is 4. The van der Waals surface area contributed by atoms with Gasteiger partial charge >= 0.3 is 5.69 Å². The first-order valence-corrected chi connectivity index (χ1v) is 8.31. The zero-order valence-corrected chi connectivity index (χ0v) is 15.8. The Morgan fingerprint density at radius 1 is 0.923 bits per heavy atom. The van der Waals surface area contributed by atoms with Crippen molar-refractivity contribution in [3.8, 4) is 34.2 Å². The van der Waals surface area contributed by atoms with Crippen molar-refractivity contribution in [1.82, 2.24) is 9.55 Å². The molecule has 0 unspecified atom stereocenters. The van der Waals surface area contributed by atoms with Gasteiger partial charge in [0.25, 0.3) is 0 Å². The number of hydrogen-bond donors (Lipinski definition) is 1. The summed E-state index contributed by atoms with van der Waals surface area (Å²) in [7, 11) is 4.55. The average Bonchev–Trinajstić information content (AvgIpc) is 3.04. The molecule has 0 radical (unpaired) electrons. The van der Waals surface area contributed by atoms with Crippen molar-refractivity contribution in [3.05, 3.63) is 57.1 Å². The van der Waals surface area contributed by atoms with E-state index in [0.29, 0.717) is 38.7 Å². The fraction of sp³-hybridized carbons (Fsp3) is 0.167. The third-order valence-electron chi connectivity index (χ3n) is 3.88. The Labute approximate surface area is 159 Å². The molecule has 0 aliphatic carbocycles. The van der Waals surface area contributed by atoms with Crippen molar-refractivity contribution in [2.24, 2.45) is 0 Å². The van der Waals surface area contributed by atoms with Gasteiger partial charge in [0.15, 0.2) is 11.5 Å². The second-order valence-electron chi connectivity index (χ2n) is 5.36. The highest BCUT2D eigenvalue weighted by molar-refractivity contribution is 6.42. The van der Waals surface area contributed by atoms with E-state index in [-0.39, 0.29) is 5.69 Å². The predicted molar refractivity (Wildman–Crippen MR) is 102 cm³/mol. The molecule has 0 aliphatic rings. The molecule has 2 aromatic carbocycles. The number of halogens is 2. The van der Waals surface area contributed by atoms with Crippen molar-refractivity contribution in [2.45, 2.75) is 0 Å². The number of H-pyrrole nitrogens is 1. The summed E-state index contributed by atoms with van der Waals surface area (Å²) in [6.07, 6.45) is 1.67. The van der Waals surface area contributed by atoms with Crippen LogP contribution in [0.3, 0.4) is 0 Å². The van der Waals surface area contributed by atoms with Crippen molar-refractivity contribution < 1.29 is 14.2 Å². The van der Waals surface area contributed by atoms with E-state index in [1.807, 2.05) is 0 Å². The highest BCUT2D eigenvalue weighted by Crippen LogP contribution is 2.39. The minimum absolute atomic E-state index is 0.319. The van der Waals surface area contributed by atoms with Crippen LogP contribution >= 0.6 is 23.2 Å². The Morgan fingerprint density at radius 2 is 1.58 bits per heavy atom. The van der Waals surface area contributed by atoms with Gasteiger partial charge in [-0.2, -0.15) is 0 Å². The number of benzene rings is 2. The molecule has 0 spiro atoms. The van der Waals surface area contributed by atoms with Gasteiger partial charge in [-0.15, -0.1) is 0 Å². The molecule has 3 aromatic rings. The van der Waals surface area contributed by atoms with Gasteiger partial charge in [0.05, 0.1) is 42.8 Å². The summed E-state index contributed by atoms with van der Waals surface area (Å²) >= 11 is 12.0. The van der Waals surface area contributed by atoms with E-state index in [1.54, 1.807) is 36.5 Å². The Morgan fingerprint density at radius 3 is 2.12 bits per heavy atom. The molecule has 0 atom stereocenters. The Kier molecular flexibility index (Phi) is 5.15. The number of ether oxygens (including phenoxy) is 3. The van der Waals surface area contributed by atoms with E-state index < -0.39 is 0 Å². The maximum Gasteiger partial charge on any atom is 0.330 e. The topological polar surface area (TPSA) is 65.5 Å². The van der Waals surface area contributed by atoms with E-state index >= 15 is 0 Å². The quantitative estimate of drug-likeness (QED) is 0.705. The molecule has 0 aliphatic heterocycles. The SMILES string of the molecule is COc1cc(-n2cc(-c3ccc(Cl)c(Cl)c3)[nH]c2=O)cc(OC)c1OC. The van der Waals surface area contributed by atoms with Gasteiger partial charge in [-0.1, -0.05) is 29.3 Å². The highest BCUT2D eigenvalue weighted by Gasteiger charge is 2.16. The van der Waals surface area contributed by atoms with Gasteiger partial charge in [0, 0.05) is 23.9 Å². The van der Waals surface area contributed by atoms with Crippen LogP contribution in [-0.2, 0) is 0 Å². The van der Waals surface area contributed by atoms with E-state index in [2.05, 4.69) is 4.98 Å². The van der Waals surface area contributed by atoms with E-state index in [4.69, 9.17) is 37.4 Å². The van der Waals surface area contributed by atoms with Gasteiger partial charge in [-0.25, -0.2) is 4.79 Å². The molecule has 26 heavy (non-hydrogen) atoms. The second-order valence-corrected chi connectivity index (χ2v) is 6.17. The Balaban J connectivity index is 2.12. The highest BCUT2D eigenvalue weighted by atomic mass is 35.5. The van der Waals surface area contributed by atoms with Crippen LogP contribution in [0.1, 0.15) is 0 Å². The van der Waals surface area contributed by atoms with Gasteiger partial charge in [-0.3, -0.25) is 4.57 Å². The summed E-state index contributed by atoms with van der Waals surface area (Å²) in [5.74, 6) is 1.35. The molecule has 0 saturated heterocycles. The first-order chi connectivity index (χ1) is 12.5. The number of methoxy groups -OCH3 is 3. The lowest BCUT2D eigenvalue weighted by Gasteiger charge is -2.14. The smallest absolute Gasteiger partial charge is 0.330 e. The predicted octanol–water partition coefficient (Wildman–Crippen LogP) is 4.17. The molecule has 0 bridgehead atoms. The van der Waals surface area contributed by atoms with Gasteiger partial charge < -0.3 is 19.2 Å². The largest absolute Gasteiger partial charge is 0.493 e. The fourth-order valence-electron chi connectivity index (χ4n) is 2.60. The van der Waals surface area contributed by atoms with Gasteiger partial charge in [0.2, 0.25) is 5.75 Å². The first kappa shape index (κ1) is 18.2. The van der Waals surface area contributed by atoms with E-state index in [9.17, 15) is 4.79 Å². The van der Waals surface area contributed by atoms with Crippen LogP contribution in [-0.4, -0.2) is 30.9 Å². The lowest BCUT2D eigenvalue weighted by molar-refractivity contribution is 0.324. The fourth-order valence-corrected chi connectivity index (χ4v) is 2.90. The normalized spacial score (nSPS) is 10.7. The van der Waals surface area contributed by atoms with E-state index in [1.165, 1.54) is 25.9 Å². The molecule has 0 fully saturated rings. The molecule has 6 nitrogen and oxygen atoms in total. The summed E-state index contributed by atoms with van der Waals surface area (Å²) in [6, 6.07) is 8.52. The number of rotatable bonds is 5. The molecule has 8 heteroatoms. The summed E-state index contributed by atoms with van der Waals surface area (Å²) in [4.78, 5) is 15.3. The Bertz CT molecular complexity index is 986. The number of nitrogens with one attached hydrogen (secondary N) is 1. The summed E-state index contributed by atoms with van der Waals surface area (Å²) in [6.45, 7) is 0. The Hall–Kier alpha value is -2.57. The van der Waals surface area contributed by atoms with Crippen molar-refractivity contribution >= 4 is 23.2 Å². The van der Waals surface area contributed by atoms with Crippen LogP contribution in [0.5, 0.6) is 17.2 Å². The first-order valence-electron chi connectivity index (χ1n) is 7.56. The zero-order valence-electron chi connectivity index (χ0n) is 14.3. The summed E-state index contributed by atoms with van der Waals surface area (Å²) in [5.41, 5.74) is 1.58. The standard InChI is InChI=1S/C18H16Cl2N2O4/c1-24-15-7-11(8-16(25-2)17(15)26-3)22-9-14(21-18(22)23)10-4-5-12(19)13(20)6-10/h4-9H,1-3H3,(H,21,23). The maximum atomic E-state index is 12.5. The molecule has 3 rings (SSSR count). The minimum atomic E-state index is -0.319. The lowest BCUT2D eigenvalue weighted by atomic mass is 10.2. The minimum Gasteiger partial charge on any atom is -0.493 e. The third kappa shape index (κ3) is 3.25. The number of nitrogens with zero attached hydrogens (tertiary/aromatic N) is 1. The van der Waals surface area contributed by atoms with Gasteiger partial charge in [-0.05, 0) is 12.1 Å². The van der Waals surface area contributed by atoms with Crippen LogP contribution < -0.4 is 19.9 Å². The molecule has 1 aromatic heterocycles. The van der Waals surface area contributed by atoms with Crippen LogP contribution in [0.15, 0.2) is 41.3 Å². The molecular weight excluding hydrogens is 379 g/mol. The maximum absolute atomic E-state index is 12.5. The van der Waals surface area contributed by atoms with Crippen LogP contribution in [0.4, 0.5) is 0 Å². The van der Waals surface area contributed by atoms with Crippen LogP contribution in [0.2, 0.25) is 10.0 Å².